The predicted molar refractivity (Wildman–Crippen MR) is 117 cm³/mol. The van der Waals surface area contributed by atoms with Crippen LogP contribution in [0.1, 0.15) is 35.1 Å². The van der Waals surface area contributed by atoms with E-state index >= 15 is 0 Å². The maximum absolute atomic E-state index is 14.9. The molecule has 4 heterocycles. The van der Waals surface area contributed by atoms with Crippen LogP contribution in [0.4, 0.5) is 10.2 Å². The molecule has 0 saturated carbocycles. The number of carbonyl (C=O) groups excluding carboxylic acids is 1. The van der Waals surface area contributed by atoms with Crippen molar-refractivity contribution in [2.24, 2.45) is 11.7 Å². The Morgan fingerprint density at radius 2 is 2.21 bits per heavy atom. The SMILES string of the molecule is C[C@@H]1CCCN(c2ccc(-c3nc4c(s3)C(=O)N(C(C=S)=CN)CC4)c(F)n2)C1. The number of aromatic nitrogens is 2. The highest BCUT2D eigenvalue weighted by Gasteiger charge is 2.30. The van der Waals surface area contributed by atoms with Gasteiger partial charge in [-0.15, -0.1) is 11.3 Å². The van der Waals surface area contributed by atoms with Crippen molar-refractivity contribution in [3.05, 3.63) is 40.5 Å². The first-order valence-electron chi connectivity index (χ1n) is 9.62. The van der Waals surface area contributed by atoms with Gasteiger partial charge >= 0.3 is 0 Å². The molecule has 6 nitrogen and oxygen atoms in total. The summed E-state index contributed by atoms with van der Waals surface area (Å²) in [6.07, 6.45) is 4.17. The Labute approximate surface area is 178 Å². The predicted octanol–water partition coefficient (Wildman–Crippen LogP) is 3.38. The van der Waals surface area contributed by atoms with E-state index in [0.29, 0.717) is 51.5 Å². The lowest BCUT2D eigenvalue weighted by Crippen LogP contribution is -2.36. The van der Waals surface area contributed by atoms with Gasteiger partial charge < -0.3 is 15.5 Å². The lowest BCUT2D eigenvalue weighted by atomic mass is 10.0. The molecule has 2 aromatic heterocycles. The zero-order valence-corrected chi connectivity index (χ0v) is 17.7. The van der Waals surface area contributed by atoms with Crippen LogP contribution in [0.5, 0.6) is 0 Å². The van der Waals surface area contributed by atoms with Gasteiger partial charge in [-0.3, -0.25) is 4.79 Å². The molecule has 152 valence electrons. The molecule has 1 fully saturated rings. The second-order valence-corrected chi connectivity index (χ2v) is 8.65. The van der Waals surface area contributed by atoms with Gasteiger partial charge in [0.1, 0.15) is 15.7 Å². The smallest absolute Gasteiger partial charge is 0.270 e. The first-order valence-corrected chi connectivity index (χ1v) is 10.9. The Bertz CT molecular complexity index is 989. The molecule has 2 N–H and O–H groups in total. The second-order valence-electron chi connectivity index (χ2n) is 7.41. The van der Waals surface area contributed by atoms with Crippen molar-refractivity contribution in [2.75, 3.05) is 24.5 Å². The molecule has 0 spiro atoms. The van der Waals surface area contributed by atoms with Gasteiger partial charge in [-0.25, -0.2) is 9.97 Å². The van der Waals surface area contributed by atoms with Crippen LogP contribution in [0.25, 0.3) is 10.6 Å². The molecular weight excluding hydrogens is 409 g/mol. The molecule has 0 aliphatic carbocycles. The quantitative estimate of drug-likeness (QED) is 0.454. The fraction of sp³-hybridized carbons (Fsp3) is 0.400. The number of carbonyl (C=O) groups is 1. The number of rotatable bonds is 4. The van der Waals surface area contributed by atoms with E-state index < -0.39 is 5.95 Å². The Kier molecular flexibility index (Phi) is 5.60. The number of allylic oxidation sites excluding steroid dienone is 1. The third-order valence-corrected chi connectivity index (χ3v) is 6.72. The fourth-order valence-corrected chi connectivity index (χ4v) is 5.12. The highest BCUT2D eigenvalue weighted by Crippen LogP contribution is 2.34. The Morgan fingerprint density at radius 1 is 1.38 bits per heavy atom. The third-order valence-electron chi connectivity index (χ3n) is 5.36. The number of fused-ring (bicyclic) bond motifs is 1. The third kappa shape index (κ3) is 3.76. The maximum atomic E-state index is 14.9. The van der Waals surface area contributed by atoms with E-state index in [1.807, 2.05) is 6.07 Å². The lowest BCUT2D eigenvalue weighted by molar-refractivity contribution is 0.0805. The van der Waals surface area contributed by atoms with Crippen LogP contribution < -0.4 is 10.6 Å². The second kappa shape index (κ2) is 8.16. The van der Waals surface area contributed by atoms with E-state index in [1.54, 1.807) is 6.07 Å². The van der Waals surface area contributed by atoms with Crippen molar-refractivity contribution in [3.63, 3.8) is 0 Å². The van der Waals surface area contributed by atoms with Crippen LogP contribution >= 0.6 is 23.6 Å². The van der Waals surface area contributed by atoms with Crippen LogP contribution in [-0.4, -0.2) is 45.8 Å². The summed E-state index contributed by atoms with van der Waals surface area (Å²) in [7, 11) is 0. The summed E-state index contributed by atoms with van der Waals surface area (Å²) >= 11 is 6.12. The molecule has 0 unspecified atom stereocenters. The van der Waals surface area contributed by atoms with Crippen molar-refractivity contribution in [2.45, 2.75) is 26.2 Å². The molecule has 1 saturated heterocycles. The molecular formula is C20H22FN5OS2. The Hall–Kier alpha value is -2.39. The van der Waals surface area contributed by atoms with E-state index in [0.717, 1.165) is 19.5 Å². The normalized spacial score (nSPS) is 20.0. The van der Waals surface area contributed by atoms with Crippen molar-refractivity contribution < 1.29 is 9.18 Å². The van der Waals surface area contributed by atoms with E-state index in [2.05, 4.69) is 21.8 Å². The molecule has 2 aromatic rings. The average Bonchev–Trinajstić information content (AvgIpc) is 3.15. The molecule has 29 heavy (non-hydrogen) atoms. The van der Waals surface area contributed by atoms with Gasteiger partial charge in [-0.05, 0) is 30.9 Å². The highest BCUT2D eigenvalue weighted by atomic mass is 32.1. The molecule has 4 rings (SSSR count). The van der Waals surface area contributed by atoms with Gasteiger partial charge in [0.15, 0.2) is 0 Å². The van der Waals surface area contributed by atoms with Crippen molar-refractivity contribution in [1.29, 1.82) is 0 Å². The van der Waals surface area contributed by atoms with E-state index in [-0.39, 0.29) is 5.91 Å². The van der Waals surface area contributed by atoms with Crippen LogP contribution in [-0.2, 0) is 6.42 Å². The monoisotopic (exact) mass is 431 g/mol. The van der Waals surface area contributed by atoms with Crippen molar-refractivity contribution >= 4 is 40.6 Å². The number of piperidine rings is 1. The van der Waals surface area contributed by atoms with E-state index in [4.69, 9.17) is 18.0 Å². The van der Waals surface area contributed by atoms with Crippen LogP contribution in [0.2, 0.25) is 0 Å². The number of hydrogen-bond acceptors (Lipinski definition) is 7. The highest BCUT2D eigenvalue weighted by molar-refractivity contribution is 7.79. The zero-order chi connectivity index (χ0) is 20.5. The fourth-order valence-electron chi connectivity index (χ4n) is 3.84. The summed E-state index contributed by atoms with van der Waals surface area (Å²) in [6.45, 7) is 4.42. The van der Waals surface area contributed by atoms with Crippen molar-refractivity contribution in [3.8, 4) is 10.6 Å². The van der Waals surface area contributed by atoms with Gasteiger partial charge in [0, 0.05) is 37.6 Å². The summed E-state index contributed by atoms with van der Waals surface area (Å²) in [5, 5.41) is 1.85. The number of nitrogens with zero attached hydrogens (tertiary/aromatic N) is 4. The number of nitrogens with two attached hydrogens (primary N) is 1. The molecule has 0 aromatic carbocycles. The molecule has 0 bridgehead atoms. The summed E-state index contributed by atoms with van der Waals surface area (Å²) in [5.74, 6) is 0.463. The van der Waals surface area contributed by atoms with Crippen LogP contribution in [0.15, 0.2) is 24.0 Å². The Morgan fingerprint density at radius 3 is 2.90 bits per heavy atom. The number of amides is 1. The van der Waals surface area contributed by atoms with E-state index in [1.165, 1.54) is 34.2 Å². The first kappa shape index (κ1) is 19.9. The minimum absolute atomic E-state index is 0.208. The molecule has 9 heteroatoms. The molecule has 2 aliphatic rings. The number of hydrogen-bond donors (Lipinski definition) is 1. The number of halogens is 1. The largest absolute Gasteiger partial charge is 0.403 e. The summed E-state index contributed by atoms with van der Waals surface area (Å²) < 4.78 is 14.9. The topological polar surface area (TPSA) is 75.4 Å². The first-order chi connectivity index (χ1) is 14.0. The molecule has 0 radical (unpaired) electrons. The molecule has 1 amide bonds. The number of anilines is 1. The zero-order valence-electron chi connectivity index (χ0n) is 16.1. The Balaban J connectivity index is 1.61. The van der Waals surface area contributed by atoms with Crippen LogP contribution in [0.3, 0.4) is 0 Å². The minimum Gasteiger partial charge on any atom is -0.403 e. The molecule has 2 aliphatic heterocycles. The summed E-state index contributed by atoms with van der Waals surface area (Å²) in [6, 6.07) is 3.55. The standard InChI is InChI=1S/C20H22FN5OS2/c1-12-3-2-7-25(10-12)16-5-4-14(18(21)24-16)19-23-15-6-8-26(13(9-22)11-28)20(27)17(15)29-19/h4-5,9,11-12H,2-3,6-8,10,22H2,1H3/t12-/m1/s1. The number of pyridine rings is 1. The number of thiazole rings is 1. The summed E-state index contributed by atoms with van der Waals surface area (Å²) in [4.78, 5) is 25.7. The lowest BCUT2D eigenvalue weighted by Gasteiger charge is -2.31. The summed E-state index contributed by atoms with van der Waals surface area (Å²) in [5.41, 5.74) is 7.06. The van der Waals surface area contributed by atoms with Gasteiger partial charge in [-0.1, -0.05) is 19.1 Å². The van der Waals surface area contributed by atoms with Gasteiger partial charge in [0.2, 0.25) is 5.95 Å². The maximum Gasteiger partial charge on any atom is 0.270 e. The van der Waals surface area contributed by atoms with Gasteiger partial charge in [0.25, 0.3) is 5.91 Å². The number of thiocarbonyl (C=S) groups is 1. The minimum atomic E-state index is -0.558. The van der Waals surface area contributed by atoms with Gasteiger partial charge in [0.05, 0.1) is 17.0 Å². The van der Waals surface area contributed by atoms with Crippen molar-refractivity contribution in [1.82, 2.24) is 14.9 Å². The molecule has 1 atom stereocenters. The van der Waals surface area contributed by atoms with Crippen LogP contribution in [0, 0.1) is 11.9 Å². The van der Waals surface area contributed by atoms with Gasteiger partial charge in [-0.2, -0.15) is 4.39 Å². The average molecular weight is 432 g/mol. The van der Waals surface area contributed by atoms with E-state index in [9.17, 15) is 9.18 Å².